The molecule has 40 heavy (non-hydrogen) atoms. The quantitative estimate of drug-likeness (QED) is 0.401. The molecule has 0 saturated carbocycles. The van der Waals surface area contributed by atoms with Gasteiger partial charge in [-0.2, -0.15) is 0 Å². The lowest BCUT2D eigenvalue weighted by molar-refractivity contribution is -0.129. The number of nitrogens with one attached hydrogen (secondary N) is 2. The Hall–Kier alpha value is -4.24. The molecule has 0 aliphatic carbocycles. The molecule has 1 aromatic carbocycles. The molecule has 2 bridgehead atoms. The smallest absolute Gasteiger partial charge is 0.411 e. The van der Waals surface area contributed by atoms with E-state index in [1.54, 1.807) is 36.8 Å². The van der Waals surface area contributed by atoms with Gasteiger partial charge in [0.05, 0.1) is 29.6 Å². The minimum absolute atomic E-state index is 0.0877. The number of fused-ring (bicyclic) bond motifs is 4. The van der Waals surface area contributed by atoms with Crippen molar-refractivity contribution < 1.29 is 19.1 Å². The molecule has 9 nitrogen and oxygen atoms in total. The molecular weight excluding hydrogens is 530 g/mol. The van der Waals surface area contributed by atoms with Gasteiger partial charge < -0.3 is 15.0 Å². The molecule has 0 fully saturated rings. The first-order valence-electron chi connectivity index (χ1n) is 13.2. The number of carbonyl (C=O) groups excluding carboxylic acids is 3. The fraction of sp³-hybridized carbons (Fsp3) is 0.300. The minimum Gasteiger partial charge on any atom is -0.453 e. The van der Waals surface area contributed by atoms with Crippen LogP contribution in [0.2, 0.25) is 5.02 Å². The molecule has 2 aliphatic rings. The van der Waals surface area contributed by atoms with E-state index < -0.39 is 6.09 Å². The van der Waals surface area contributed by atoms with Crippen molar-refractivity contribution in [1.29, 1.82) is 0 Å². The molecule has 2 N–H and O–H groups in total. The second-order valence-corrected chi connectivity index (χ2v) is 10.5. The van der Waals surface area contributed by atoms with E-state index in [4.69, 9.17) is 16.3 Å². The third-order valence-electron chi connectivity index (χ3n) is 7.36. The van der Waals surface area contributed by atoms with Crippen molar-refractivity contribution in [2.45, 2.75) is 38.6 Å². The molecule has 3 amide bonds. The van der Waals surface area contributed by atoms with Crippen molar-refractivity contribution in [3.63, 3.8) is 0 Å². The van der Waals surface area contributed by atoms with Crippen LogP contribution in [0.3, 0.4) is 0 Å². The number of hydrogen-bond donors (Lipinski definition) is 2. The summed E-state index contributed by atoms with van der Waals surface area (Å²) < 4.78 is 4.71. The largest absolute Gasteiger partial charge is 0.453 e. The molecule has 5 rings (SSSR count). The molecular formula is C30H30ClN5O4. The molecule has 206 valence electrons. The Morgan fingerprint density at radius 1 is 1.12 bits per heavy atom. The van der Waals surface area contributed by atoms with Crippen molar-refractivity contribution in [3.8, 4) is 11.1 Å². The summed E-state index contributed by atoms with van der Waals surface area (Å²) in [6.07, 6.45) is 8.81. The molecule has 0 radical (unpaired) electrons. The van der Waals surface area contributed by atoms with E-state index in [0.29, 0.717) is 42.2 Å². The molecule has 0 spiro atoms. The van der Waals surface area contributed by atoms with Gasteiger partial charge in [0, 0.05) is 48.4 Å². The zero-order valence-electron chi connectivity index (χ0n) is 22.3. The molecule has 3 aromatic rings. The van der Waals surface area contributed by atoms with Gasteiger partial charge in [-0.25, -0.2) is 4.79 Å². The number of benzene rings is 1. The number of nitrogens with zero attached hydrogens (tertiary/aromatic N) is 3. The van der Waals surface area contributed by atoms with Gasteiger partial charge in [0.2, 0.25) is 11.8 Å². The van der Waals surface area contributed by atoms with Gasteiger partial charge in [-0.1, -0.05) is 31.0 Å². The van der Waals surface area contributed by atoms with Crippen molar-refractivity contribution in [2.24, 2.45) is 5.92 Å². The lowest BCUT2D eigenvalue weighted by Crippen LogP contribution is -2.38. The van der Waals surface area contributed by atoms with Crippen LogP contribution in [0, 0.1) is 5.92 Å². The van der Waals surface area contributed by atoms with Crippen LogP contribution in [-0.4, -0.2) is 46.4 Å². The highest BCUT2D eigenvalue weighted by Crippen LogP contribution is 2.37. The standard InChI is InChI=1S/C30H30ClN5O4/c1-18-4-3-5-27(36-11-9-19(14-28(36)37)21-12-22(31)17-32-16-21)26-13-20(8-10-33-26)24-7-6-23(34-30(39)40-2)15-25(24)35-29(18)38/h6-8,10,12-18,27H,3-5,9,11H2,1-2H3,(H,34,39)(H,35,38)/t18-,27+/m1/s1. The van der Waals surface area contributed by atoms with Crippen LogP contribution in [0.25, 0.3) is 16.7 Å². The van der Waals surface area contributed by atoms with Crippen LogP contribution in [0.5, 0.6) is 0 Å². The molecule has 0 saturated heterocycles. The van der Waals surface area contributed by atoms with E-state index in [1.165, 1.54) is 7.11 Å². The molecule has 2 atom stereocenters. The van der Waals surface area contributed by atoms with Crippen LogP contribution < -0.4 is 10.6 Å². The zero-order chi connectivity index (χ0) is 28.2. The maximum absolute atomic E-state index is 13.5. The van der Waals surface area contributed by atoms with Gasteiger partial charge in [-0.05, 0) is 66.3 Å². The Labute approximate surface area is 237 Å². The summed E-state index contributed by atoms with van der Waals surface area (Å²) in [6.45, 7) is 2.42. The maximum atomic E-state index is 13.5. The van der Waals surface area contributed by atoms with Crippen molar-refractivity contribution in [1.82, 2.24) is 14.9 Å². The Kier molecular flexibility index (Phi) is 8.11. The monoisotopic (exact) mass is 559 g/mol. The summed E-state index contributed by atoms with van der Waals surface area (Å²) in [4.78, 5) is 49.1. The summed E-state index contributed by atoms with van der Waals surface area (Å²) in [5, 5.41) is 6.21. The normalized spacial score (nSPS) is 19.4. The molecule has 10 heteroatoms. The van der Waals surface area contributed by atoms with E-state index in [0.717, 1.165) is 34.4 Å². The van der Waals surface area contributed by atoms with Gasteiger partial charge in [0.25, 0.3) is 0 Å². The topological polar surface area (TPSA) is 114 Å². The van der Waals surface area contributed by atoms with Gasteiger partial charge in [0.1, 0.15) is 0 Å². The Morgan fingerprint density at radius 3 is 2.75 bits per heavy atom. The first-order valence-corrected chi connectivity index (χ1v) is 13.6. The summed E-state index contributed by atoms with van der Waals surface area (Å²) in [6, 6.07) is 10.7. The van der Waals surface area contributed by atoms with E-state index in [-0.39, 0.29) is 23.8 Å². The van der Waals surface area contributed by atoms with Crippen LogP contribution in [0.1, 0.15) is 49.9 Å². The highest BCUT2D eigenvalue weighted by atomic mass is 35.5. The van der Waals surface area contributed by atoms with Crippen molar-refractivity contribution in [2.75, 3.05) is 24.3 Å². The van der Waals surface area contributed by atoms with Gasteiger partial charge in [-0.15, -0.1) is 0 Å². The number of amides is 3. The average Bonchev–Trinajstić information content (AvgIpc) is 2.95. The van der Waals surface area contributed by atoms with Crippen LogP contribution >= 0.6 is 11.6 Å². The molecule has 2 aromatic heterocycles. The number of hydrogen-bond acceptors (Lipinski definition) is 6. The SMILES string of the molecule is COC(=O)Nc1ccc2c(c1)NC(=O)[C@H](C)CCC[C@H](N1CCC(c3cncc(Cl)c3)=CC1=O)c1cc-2ccn1. The number of aromatic nitrogens is 2. The second kappa shape index (κ2) is 11.9. The van der Waals surface area contributed by atoms with E-state index in [2.05, 4.69) is 20.6 Å². The predicted molar refractivity (Wildman–Crippen MR) is 154 cm³/mol. The average molecular weight is 560 g/mol. The van der Waals surface area contributed by atoms with Crippen molar-refractivity contribution in [3.05, 3.63) is 77.3 Å². The van der Waals surface area contributed by atoms with Gasteiger partial charge in [0.15, 0.2) is 0 Å². The Balaban J connectivity index is 1.51. The Bertz CT molecular complexity index is 1490. The number of carbonyl (C=O) groups is 3. The summed E-state index contributed by atoms with van der Waals surface area (Å²) in [7, 11) is 1.29. The second-order valence-electron chi connectivity index (χ2n) is 10.0. The van der Waals surface area contributed by atoms with Crippen molar-refractivity contribution >= 4 is 46.5 Å². The number of anilines is 2. The zero-order valence-corrected chi connectivity index (χ0v) is 23.1. The van der Waals surface area contributed by atoms with Gasteiger partial charge in [-0.3, -0.25) is 24.9 Å². The molecule has 0 unspecified atom stereocenters. The van der Waals surface area contributed by atoms with E-state index in [9.17, 15) is 14.4 Å². The number of halogens is 1. The fourth-order valence-electron chi connectivity index (χ4n) is 5.19. The highest BCUT2D eigenvalue weighted by Gasteiger charge is 2.30. The highest BCUT2D eigenvalue weighted by molar-refractivity contribution is 6.30. The summed E-state index contributed by atoms with van der Waals surface area (Å²) in [5.74, 6) is -0.454. The van der Waals surface area contributed by atoms with E-state index in [1.807, 2.05) is 36.1 Å². The predicted octanol–water partition coefficient (Wildman–Crippen LogP) is 6.09. The Morgan fingerprint density at radius 2 is 1.98 bits per heavy atom. The third-order valence-corrected chi connectivity index (χ3v) is 7.57. The maximum Gasteiger partial charge on any atom is 0.411 e. The lowest BCUT2D eigenvalue weighted by Gasteiger charge is -2.34. The number of pyridine rings is 2. The first-order chi connectivity index (χ1) is 19.3. The van der Waals surface area contributed by atoms with Gasteiger partial charge >= 0.3 is 6.09 Å². The van der Waals surface area contributed by atoms with Crippen LogP contribution in [0.4, 0.5) is 16.2 Å². The lowest BCUT2D eigenvalue weighted by atomic mass is 9.93. The molecule has 2 aliphatic heterocycles. The minimum atomic E-state index is -0.600. The van der Waals surface area contributed by atoms with Crippen LogP contribution in [-0.2, 0) is 14.3 Å². The summed E-state index contributed by atoms with van der Waals surface area (Å²) >= 11 is 6.13. The van der Waals surface area contributed by atoms with Crippen LogP contribution in [0.15, 0.2) is 61.1 Å². The number of methoxy groups -OCH3 is 1. The first kappa shape index (κ1) is 27.3. The number of rotatable bonds is 3. The fourth-order valence-corrected chi connectivity index (χ4v) is 5.37. The van der Waals surface area contributed by atoms with E-state index >= 15 is 0 Å². The molecule has 4 heterocycles. The number of ether oxygens (including phenoxy) is 1. The third kappa shape index (κ3) is 5.99. The summed E-state index contributed by atoms with van der Waals surface area (Å²) in [5.41, 5.74) is 5.22.